The number of anilines is 1. The van der Waals surface area contributed by atoms with E-state index in [1.165, 1.54) is 18.3 Å². The minimum absolute atomic E-state index is 0.0427. The molecule has 5 nitrogen and oxygen atoms in total. The molecule has 2 N–H and O–H groups in total. The van der Waals surface area contributed by atoms with Crippen LogP contribution in [0.1, 0.15) is 36.2 Å². The summed E-state index contributed by atoms with van der Waals surface area (Å²) in [6.45, 7) is 3.96. The van der Waals surface area contributed by atoms with Crippen LogP contribution in [0.15, 0.2) is 54.7 Å². The number of halogens is 3. The van der Waals surface area contributed by atoms with Gasteiger partial charge in [0.1, 0.15) is 5.75 Å². The van der Waals surface area contributed by atoms with Crippen molar-refractivity contribution >= 4 is 11.6 Å². The number of carbonyl (C=O) groups excluding carboxylic acids is 1. The Kier molecular flexibility index (Phi) is 5.91. The highest BCUT2D eigenvalue weighted by Gasteiger charge is 2.30. The van der Waals surface area contributed by atoms with E-state index in [-0.39, 0.29) is 11.7 Å². The van der Waals surface area contributed by atoms with Gasteiger partial charge in [-0.3, -0.25) is 9.89 Å². The zero-order chi connectivity index (χ0) is 21.0. The molecule has 0 radical (unpaired) electrons. The van der Waals surface area contributed by atoms with Gasteiger partial charge in [0.2, 0.25) is 0 Å². The molecule has 1 heterocycles. The van der Waals surface area contributed by atoms with Crippen LogP contribution in [0.4, 0.5) is 18.9 Å². The normalized spacial score (nSPS) is 12.4. The predicted octanol–water partition coefficient (Wildman–Crippen LogP) is 5.53. The summed E-state index contributed by atoms with van der Waals surface area (Å²) in [7, 11) is 0. The van der Waals surface area contributed by atoms with Crippen molar-refractivity contribution in [2.24, 2.45) is 0 Å². The van der Waals surface area contributed by atoms with Crippen molar-refractivity contribution in [3.8, 4) is 17.0 Å². The van der Waals surface area contributed by atoms with Crippen molar-refractivity contribution in [1.29, 1.82) is 0 Å². The lowest BCUT2D eigenvalue weighted by Crippen LogP contribution is -2.13. The van der Waals surface area contributed by atoms with Crippen LogP contribution < -0.4 is 10.1 Å². The smallest absolute Gasteiger partial charge is 0.416 e. The second-order valence-electron chi connectivity index (χ2n) is 6.55. The molecule has 0 aliphatic rings. The molecule has 0 aliphatic heterocycles. The molecule has 152 valence electrons. The highest BCUT2D eigenvalue weighted by Crippen LogP contribution is 2.31. The van der Waals surface area contributed by atoms with Gasteiger partial charge in [-0.2, -0.15) is 18.3 Å². The first-order valence-corrected chi connectivity index (χ1v) is 9.07. The molecular formula is C21H20F3N3O2. The SMILES string of the molecule is CCC(C)Oc1cccc(NC(=O)c2cn[nH]c2-c2ccc(C(F)(F)F)cc2)c1. The third-order valence-electron chi connectivity index (χ3n) is 4.39. The van der Waals surface area contributed by atoms with Crippen molar-refractivity contribution in [1.82, 2.24) is 10.2 Å². The molecule has 8 heteroatoms. The number of benzene rings is 2. The number of aromatic nitrogens is 2. The fourth-order valence-corrected chi connectivity index (χ4v) is 2.67. The van der Waals surface area contributed by atoms with E-state index in [9.17, 15) is 18.0 Å². The van der Waals surface area contributed by atoms with Crippen LogP contribution in [0, 0.1) is 0 Å². The molecule has 1 aromatic heterocycles. The molecule has 2 aromatic carbocycles. The average molecular weight is 403 g/mol. The number of hydrogen-bond donors (Lipinski definition) is 2. The molecular weight excluding hydrogens is 383 g/mol. The standard InChI is InChI=1S/C21H20F3N3O2/c1-3-13(2)29-17-6-4-5-16(11-17)26-20(28)18-12-25-27-19(18)14-7-9-15(10-8-14)21(22,23)24/h4-13H,3H2,1-2H3,(H,25,27)(H,26,28). The first-order valence-electron chi connectivity index (χ1n) is 9.07. The minimum Gasteiger partial charge on any atom is -0.491 e. The van der Waals surface area contributed by atoms with Crippen molar-refractivity contribution in [2.75, 3.05) is 5.32 Å². The van der Waals surface area contributed by atoms with Crippen LogP contribution in [0.3, 0.4) is 0 Å². The van der Waals surface area contributed by atoms with Crippen molar-refractivity contribution in [3.63, 3.8) is 0 Å². The second-order valence-corrected chi connectivity index (χ2v) is 6.55. The van der Waals surface area contributed by atoms with Gasteiger partial charge in [-0.25, -0.2) is 0 Å². The van der Waals surface area contributed by atoms with E-state index in [0.717, 1.165) is 18.6 Å². The summed E-state index contributed by atoms with van der Waals surface area (Å²) in [5.41, 5.74) is 0.760. The average Bonchev–Trinajstić information content (AvgIpc) is 3.17. The summed E-state index contributed by atoms with van der Waals surface area (Å²) in [4.78, 5) is 12.7. The van der Waals surface area contributed by atoms with E-state index in [2.05, 4.69) is 15.5 Å². The first kappa shape index (κ1) is 20.4. The maximum Gasteiger partial charge on any atom is 0.416 e. The van der Waals surface area contributed by atoms with Gasteiger partial charge in [0.25, 0.3) is 5.91 Å². The highest BCUT2D eigenvalue weighted by atomic mass is 19.4. The number of amides is 1. The molecule has 0 bridgehead atoms. The zero-order valence-corrected chi connectivity index (χ0v) is 15.9. The Morgan fingerprint density at radius 3 is 2.59 bits per heavy atom. The molecule has 1 atom stereocenters. The number of carbonyl (C=O) groups is 1. The van der Waals surface area contributed by atoms with Gasteiger partial charge in [-0.1, -0.05) is 25.1 Å². The fraction of sp³-hybridized carbons (Fsp3) is 0.238. The van der Waals surface area contributed by atoms with Crippen LogP contribution >= 0.6 is 0 Å². The van der Waals surface area contributed by atoms with Crippen molar-refractivity contribution < 1.29 is 22.7 Å². The summed E-state index contributed by atoms with van der Waals surface area (Å²) in [6.07, 6.45) is -2.19. The Morgan fingerprint density at radius 2 is 1.93 bits per heavy atom. The molecule has 0 fully saturated rings. The van der Waals surface area contributed by atoms with E-state index in [0.29, 0.717) is 22.7 Å². The number of nitrogens with zero attached hydrogens (tertiary/aromatic N) is 1. The lowest BCUT2D eigenvalue weighted by Gasteiger charge is -2.13. The maximum absolute atomic E-state index is 12.8. The van der Waals surface area contributed by atoms with E-state index in [1.54, 1.807) is 24.3 Å². The quantitative estimate of drug-likeness (QED) is 0.569. The van der Waals surface area contributed by atoms with Crippen molar-refractivity contribution in [3.05, 3.63) is 65.9 Å². The van der Waals surface area contributed by atoms with Crippen LogP contribution in [0.25, 0.3) is 11.3 Å². The number of rotatable bonds is 6. The summed E-state index contributed by atoms with van der Waals surface area (Å²) >= 11 is 0. The Morgan fingerprint density at radius 1 is 1.21 bits per heavy atom. The fourth-order valence-electron chi connectivity index (χ4n) is 2.67. The summed E-state index contributed by atoms with van der Waals surface area (Å²) < 4.78 is 44.0. The lowest BCUT2D eigenvalue weighted by atomic mass is 10.1. The summed E-state index contributed by atoms with van der Waals surface area (Å²) in [5, 5.41) is 9.31. The molecule has 1 amide bonds. The molecule has 0 saturated heterocycles. The number of hydrogen-bond acceptors (Lipinski definition) is 3. The Bertz CT molecular complexity index is 981. The van der Waals surface area contributed by atoms with Gasteiger partial charge >= 0.3 is 6.18 Å². The molecule has 0 saturated carbocycles. The van der Waals surface area contributed by atoms with E-state index in [4.69, 9.17) is 4.74 Å². The maximum atomic E-state index is 12.8. The molecule has 0 aliphatic carbocycles. The van der Waals surface area contributed by atoms with Gasteiger partial charge in [0.15, 0.2) is 0 Å². The molecule has 0 spiro atoms. The molecule has 3 rings (SSSR count). The highest BCUT2D eigenvalue weighted by molar-refractivity contribution is 6.08. The monoisotopic (exact) mass is 403 g/mol. The first-order chi connectivity index (χ1) is 13.8. The van der Waals surface area contributed by atoms with E-state index < -0.39 is 17.6 Å². The van der Waals surface area contributed by atoms with E-state index in [1.807, 2.05) is 13.8 Å². The van der Waals surface area contributed by atoms with Crippen LogP contribution in [0.5, 0.6) is 5.75 Å². The summed E-state index contributed by atoms with van der Waals surface area (Å²) in [6, 6.07) is 11.5. The van der Waals surface area contributed by atoms with Gasteiger partial charge in [0.05, 0.1) is 29.1 Å². The zero-order valence-electron chi connectivity index (χ0n) is 15.9. The van der Waals surface area contributed by atoms with Gasteiger partial charge in [-0.05, 0) is 37.6 Å². The molecule has 3 aromatic rings. The third-order valence-corrected chi connectivity index (χ3v) is 4.39. The van der Waals surface area contributed by atoms with Crippen LogP contribution in [0.2, 0.25) is 0 Å². The van der Waals surface area contributed by atoms with Gasteiger partial charge < -0.3 is 10.1 Å². The number of alkyl halides is 3. The Balaban J connectivity index is 1.78. The predicted molar refractivity (Wildman–Crippen MR) is 104 cm³/mol. The lowest BCUT2D eigenvalue weighted by molar-refractivity contribution is -0.137. The van der Waals surface area contributed by atoms with Gasteiger partial charge in [0, 0.05) is 17.3 Å². The topological polar surface area (TPSA) is 67.0 Å². The van der Waals surface area contributed by atoms with Crippen LogP contribution in [-0.2, 0) is 6.18 Å². The Labute approximate surface area is 165 Å². The number of aromatic amines is 1. The van der Waals surface area contributed by atoms with Crippen molar-refractivity contribution in [2.45, 2.75) is 32.5 Å². The minimum atomic E-state index is -4.42. The Hall–Kier alpha value is -3.29. The van der Waals surface area contributed by atoms with Gasteiger partial charge in [-0.15, -0.1) is 0 Å². The van der Waals surface area contributed by atoms with E-state index >= 15 is 0 Å². The largest absolute Gasteiger partial charge is 0.491 e. The van der Waals surface area contributed by atoms with Crippen LogP contribution in [-0.4, -0.2) is 22.2 Å². The second kappa shape index (κ2) is 8.38. The third kappa shape index (κ3) is 4.96. The number of H-pyrrole nitrogens is 1. The number of ether oxygens (including phenoxy) is 1. The number of nitrogens with one attached hydrogen (secondary N) is 2. The molecule has 1 unspecified atom stereocenters. The summed E-state index contributed by atoms with van der Waals surface area (Å²) in [5.74, 6) is 0.196. The molecule has 29 heavy (non-hydrogen) atoms.